The van der Waals surface area contributed by atoms with Crippen LogP contribution < -0.4 is 20.5 Å². The van der Waals surface area contributed by atoms with Crippen molar-refractivity contribution in [1.29, 1.82) is 0 Å². The van der Waals surface area contributed by atoms with Crippen molar-refractivity contribution in [2.75, 3.05) is 20.8 Å². The van der Waals surface area contributed by atoms with Gasteiger partial charge in [-0.3, -0.25) is 0 Å². The van der Waals surface area contributed by atoms with Gasteiger partial charge in [0.05, 0.1) is 24.7 Å². The van der Waals surface area contributed by atoms with Gasteiger partial charge >= 0.3 is 0 Å². The predicted octanol–water partition coefficient (Wildman–Crippen LogP) is 4.66. The molecule has 0 aromatic heterocycles. The van der Waals surface area contributed by atoms with Crippen molar-refractivity contribution in [3.63, 3.8) is 0 Å². The fraction of sp³-hybridized carbons (Fsp3) is 0.364. The van der Waals surface area contributed by atoms with Crippen molar-refractivity contribution in [2.45, 2.75) is 32.7 Å². The molecule has 3 N–H and O–H groups in total. The van der Waals surface area contributed by atoms with Gasteiger partial charge in [-0.1, -0.05) is 36.4 Å². The topological polar surface area (TPSA) is 56.5 Å². The maximum absolute atomic E-state index is 6.56. The molecule has 1 atom stereocenters. The standard InChI is InChI=1S/C22H29BrN2O2/c1-6-7-14(2)12-15(3)17-10-11-25-18(21(17)24)13-16-8-9-19(26-4)22(27-5)20(16)23/h6-9,12,18,25H,1,10-11,13,24H2,2-5H3/b14-7-,15-12+. The highest BCUT2D eigenvalue weighted by atomic mass is 79.9. The average Bonchev–Trinajstić information content (AvgIpc) is 2.64. The molecule has 0 saturated carbocycles. The number of nitrogens with one attached hydrogen (secondary N) is 1. The van der Waals surface area contributed by atoms with E-state index in [2.05, 4.69) is 47.7 Å². The second-order valence-corrected chi connectivity index (χ2v) is 7.44. The molecular weight excluding hydrogens is 404 g/mol. The molecule has 4 nitrogen and oxygen atoms in total. The first kappa shape index (κ1) is 21.3. The molecule has 0 bridgehead atoms. The lowest BCUT2D eigenvalue weighted by Gasteiger charge is -2.29. The monoisotopic (exact) mass is 432 g/mol. The Bertz CT molecular complexity index is 794. The second kappa shape index (κ2) is 9.81. The maximum Gasteiger partial charge on any atom is 0.175 e. The summed E-state index contributed by atoms with van der Waals surface area (Å²) in [6.07, 6.45) is 7.67. The van der Waals surface area contributed by atoms with Crippen LogP contribution in [0.1, 0.15) is 25.8 Å². The third-order valence-corrected chi connectivity index (χ3v) is 5.65. The summed E-state index contributed by atoms with van der Waals surface area (Å²) >= 11 is 3.66. The van der Waals surface area contributed by atoms with Gasteiger partial charge in [0.25, 0.3) is 0 Å². The van der Waals surface area contributed by atoms with Crippen molar-refractivity contribution in [2.24, 2.45) is 5.73 Å². The van der Waals surface area contributed by atoms with Gasteiger partial charge in [-0.25, -0.2) is 0 Å². The highest BCUT2D eigenvalue weighted by Gasteiger charge is 2.23. The van der Waals surface area contributed by atoms with Crippen molar-refractivity contribution in [1.82, 2.24) is 5.32 Å². The number of hydrogen-bond acceptors (Lipinski definition) is 4. The van der Waals surface area contributed by atoms with Crippen LogP contribution in [-0.4, -0.2) is 26.8 Å². The number of ether oxygens (including phenoxy) is 2. The molecule has 1 aromatic carbocycles. The molecule has 1 unspecified atom stereocenters. The van der Waals surface area contributed by atoms with E-state index in [0.29, 0.717) is 11.5 Å². The molecule has 1 aromatic rings. The largest absolute Gasteiger partial charge is 0.493 e. The molecule has 27 heavy (non-hydrogen) atoms. The summed E-state index contributed by atoms with van der Waals surface area (Å²) in [6.45, 7) is 8.85. The summed E-state index contributed by atoms with van der Waals surface area (Å²) in [7, 11) is 3.28. The van der Waals surface area contributed by atoms with E-state index in [-0.39, 0.29) is 6.04 Å². The molecule has 0 spiro atoms. The van der Waals surface area contributed by atoms with Crippen LogP contribution in [0.15, 0.2) is 63.8 Å². The third-order valence-electron chi connectivity index (χ3n) is 4.78. The van der Waals surface area contributed by atoms with Crippen LogP contribution in [0.2, 0.25) is 0 Å². The molecule has 1 aliphatic rings. The minimum absolute atomic E-state index is 0.0789. The Morgan fingerprint density at radius 3 is 2.70 bits per heavy atom. The van der Waals surface area contributed by atoms with Crippen LogP contribution in [0.25, 0.3) is 0 Å². The molecule has 0 saturated heterocycles. The van der Waals surface area contributed by atoms with E-state index in [1.807, 2.05) is 18.2 Å². The molecule has 1 aliphatic heterocycles. The Morgan fingerprint density at radius 2 is 2.07 bits per heavy atom. The van der Waals surface area contributed by atoms with E-state index in [1.165, 1.54) is 16.7 Å². The summed E-state index contributed by atoms with van der Waals surface area (Å²) in [4.78, 5) is 0. The van der Waals surface area contributed by atoms with Gasteiger partial charge in [-0.05, 0) is 71.9 Å². The molecule has 2 rings (SSSR count). The summed E-state index contributed by atoms with van der Waals surface area (Å²) in [6, 6.07) is 4.06. The fourth-order valence-electron chi connectivity index (χ4n) is 3.41. The number of halogens is 1. The first-order valence-corrected chi connectivity index (χ1v) is 9.81. The van der Waals surface area contributed by atoms with Crippen LogP contribution >= 0.6 is 15.9 Å². The molecule has 0 fully saturated rings. The Hall–Kier alpha value is -1.98. The quantitative estimate of drug-likeness (QED) is 0.614. The maximum atomic E-state index is 6.56. The summed E-state index contributed by atoms with van der Waals surface area (Å²) in [5.74, 6) is 1.41. The number of hydrogen-bond donors (Lipinski definition) is 2. The van der Waals surface area contributed by atoms with Crippen molar-refractivity contribution >= 4 is 15.9 Å². The second-order valence-electron chi connectivity index (χ2n) is 6.64. The summed E-state index contributed by atoms with van der Waals surface area (Å²) < 4.78 is 11.8. The highest BCUT2D eigenvalue weighted by Crippen LogP contribution is 2.38. The van der Waals surface area contributed by atoms with Crippen LogP contribution in [0, 0.1) is 0 Å². The van der Waals surface area contributed by atoms with Gasteiger partial charge in [0.15, 0.2) is 11.5 Å². The van der Waals surface area contributed by atoms with Crippen LogP contribution in [0.4, 0.5) is 0 Å². The van der Waals surface area contributed by atoms with Gasteiger partial charge in [-0.2, -0.15) is 0 Å². The number of nitrogens with two attached hydrogens (primary N) is 1. The minimum atomic E-state index is 0.0789. The van der Waals surface area contributed by atoms with Crippen molar-refractivity contribution < 1.29 is 9.47 Å². The van der Waals surface area contributed by atoms with Crippen LogP contribution in [0.5, 0.6) is 11.5 Å². The van der Waals surface area contributed by atoms with Gasteiger partial charge in [0.2, 0.25) is 0 Å². The molecule has 146 valence electrons. The first-order chi connectivity index (χ1) is 12.9. The van der Waals surface area contributed by atoms with Gasteiger partial charge in [-0.15, -0.1) is 0 Å². The van der Waals surface area contributed by atoms with Gasteiger partial charge in [0.1, 0.15) is 0 Å². The molecule has 0 amide bonds. The SMILES string of the molecule is C=C/C=C(C)\C=C(/C)C1=C(N)C(Cc2ccc(OC)c(OC)c2Br)NCC1. The third kappa shape index (κ3) is 5.05. The summed E-state index contributed by atoms with van der Waals surface area (Å²) in [5.41, 5.74) is 12.2. The van der Waals surface area contributed by atoms with Gasteiger partial charge in [0, 0.05) is 5.70 Å². The van der Waals surface area contributed by atoms with E-state index in [0.717, 1.165) is 35.1 Å². The van der Waals surface area contributed by atoms with E-state index in [9.17, 15) is 0 Å². The zero-order valence-electron chi connectivity index (χ0n) is 16.6. The predicted molar refractivity (Wildman–Crippen MR) is 116 cm³/mol. The molecule has 1 heterocycles. The Labute approximate surface area is 170 Å². The van der Waals surface area contributed by atoms with Crippen molar-refractivity contribution in [3.8, 4) is 11.5 Å². The molecular formula is C22H29BrN2O2. The number of allylic oxidation sites excluding steroid dienone is 5. The normalized spacial score (nSPS) is 18.5. The lowest BCUT2D eigenvalue weighted by atomic mass is 9.91. The molecule has 0 radical (unpaired) electrons. The van der Waals surface area contributed by atoms with E-state index < -0.39 is 0 Å². The first-order valence-electron chi connectivity index (χ1n) is 9.02. The molecule has 0 aliphatic carbocycles. The number of methoxy groups -OCH3 is 2. The summed E-state index contributed by atoms with van der Waals surface area (Å²) in [5, 5.41) is 3.54. The van der Waals surface area contributed by atoms with Gasteiger partial charge < -0.3 is 20.5 Å². The Balaban J connectivity index is 2.32. The van der Waals surface area contributed by atoms with Crippen LogP contribution in [0.3, 0.4) is 0 Å². The van der Waals surface area contributed by atoms with E-state index in [4.69, 9.17) is 15.2 Å². The van der Waals surface area contributed by atoms with E-state index >= 15 is 0 Å². The molecule has 5 heteroatoms. The van der Waals surface area contributed by atoms with E-state index in [1.54, 1.807) is 20.3 Å². The lowest BCUT2D eigenvalue weighted by Crippen LogP contribution is -2.41. The zero-order chi connectivity index (χ0) is 20.0. The Morgan fingerprint density at radius 1 is 1.33 bits per heavy atom. The highest BCUT2D eigenvalue weighted by molar-refractivity contribution is 9.10. The Kier molecular flexibility index (Phi) is 7.75. The number of rotatable bonds is 7. The zero-order valence-corrected chi connectivity index (χ0v) is 18.2. The van der Waals surface area contributed by atoms with Crippen molar-refractivity contribution in [3.05, 3.63) is 69.4 Å². The fourth-order valence-corrected chi connectivity index (χ4v) is 4.06. The minimum Gasteiger partial charge on any atom is -0.493 e. The lowest BCUT2D eigenvalue weighted by molar-refractivity contribution is 0.352. The average molecular weight is 433 g/mol. The van der Waals surface area contributed by atoms with Crippen LogP contribution in [-0.2, 0) is 6.42 Å². The number of benzene rings is 1. The smallest absolute Gasteiger partial charge is 0.175 e.